The third-order valence-electron chi connectivity index (χ3n) is 2.34. The van der Waals surface area contributed by atoms with E-state index in [1.807, 2.05) is 6.26 Å². The van der Waals surface area contributed by atoms with Crippen LogP contribution in [0.5, 0.6) is 0 Å². The van der Waals surface area contributed by atoms with Crippen LogP contribution in [0.15, 0.2) is 24.3 Å². The van der Waals surface area contributed by atoms with Crippen molar-refractivity contribution in [1.29, 1.82) is 0 Å². The summed E-state index contributed by atoms with van der Waals surface area (Å²) in [5, 5.41) is 0.839. The lowest BCUT2D eigenvalue weighted by molar-refractivity contribution is -0.0978. The number of hydroxylamine groups is 2. The fourth-order valence-corrected chi connectivity index (χ4v) is 1.63. The minimum Gasteiger partial charge on any atom is -0.266 e. The fourth-order valence-electron chi connectivity index (χ4n) is 1.45. The molecule has 84 valence electrons. The summed E-state index contributed by atoms with van der Waals surface area (Å²) in [6.07, 6.45) is 1.85. The van der Waals surface area contributed by atoms with Gasteiger partial charge < -0.3 is 0 Å². The number of benzene rings is 1. The highest BCUT2D eigenvalue weighted by atomic mass is 32.2. The van der Waals surface area contributed by atoms with E-state index in [0.29, 0.717) is 11.1 Å². The third kappa shape index (κ3) is 1.72. The monoisotopic (exact) mass is 237 g/mol. The van der Waals surface area contributed by atoms with E-state index in [1.165, 1.54) is 11.8 Å². The zero-order valence-electron chi connectivity index (χ0n) is 8.97. The van der Waals surface area contributed by atoms with Crippen molar-refractivity contribution in [2.24, 2.45) is 0 Å². The number of amides is 2. The smallest absolute Gasteiger partial charge is 0.266 e. The van der Waals surface area contributed by atoms with Gasteiger partial charge in [-0.1, -0.05) is 12.1 Å². The highest BCUT2D eigenvalue weighted by Crippen LogP contribution is 2.24. The van der Waals surface area contributed by atoms with E-state index in [1.54, 1.807) is 31.2 Å². The quantitative estimate of drug-likeness (QED) is 0.595. The Labute approximate surface area is 97.5 Å². The van der Waals surface area contributed by atoms with Crippen LogP contribution in [0.4, 0.5) is 0 Å². The van der Waals surface area contributed by atoms with Gasteiger partial charge >= 0.3 is 0 Å². The molecule has 5 heteroatoms. The number of carbonyl (C=O) groups is 2. The van der Waals surface area contributed by atoms with E-state index in [9.17, 15) is 9.59 Å². The molecular weight excluding hydrogens is 226 g/mol. The van der Waals surface area contributed by atoms with Gasteiger partial charge in [-0.25, -0.2) is 4.84 Å². The number of imide groups is 1. The molecule has 1 atom stereocenters. The zero-order chi connectivity index (χ0) is 11.7. The highest BCUT2D eigenvalue weighted by molar-refractivity contribution is 7.99. The first-order valence-electron chi connectivity index (χ1n) is 4.82. The second-order valence-corrected chi connectivity index (χ2v) is 4.49. The molecule has 2 rings (SSSR count). The summed E-state index contributed by atoms with van der Waals surface area (Å²) in [5.41, 5.74) is 0.573. The summed E-state index contributed by atoms with van der Waals surface area (Å²) in [7, 11) is 0. The van der Waals surface area contributed by atoms with E-state index < -0.39 is 0 Å². The number of nitrogens with zero attached hydrogens (tertiary/aromatic N) is 1. The molecule has 0 aromatic heterocycles. The van der Waals surface area contributed by atoms with Gasteiger partial charge in [0.2, 0.25) is 0 Å². The lowest BCUT2D eigenvalue weighted by Gasteiger charge is -2.17. The van der Waals surface area contributed by atoms with Crippen LogP contribution >= 0.6 is 11.8 Å². The fraction of sp³-hybridized carbons (Fsp3) is 0.273. The first-order valence-corrected chi connectivity index (χ1v) is 6.11. The van der Waals surface area contributed by atoms with Crippen LogP contribution in [-0.4, -0.2) is 28.6 Å². The second-order valence-electron chi connectivity index (χ2n) is 3.36. The maximum atomic E-state index is 11.8. The summed E-state index contributed by atoms with van der Waals surface area (Å²) in [6.45, 7) is 1.79. The van der Waals surface area contributed by atoms with E-state index in [2.05, 4.69) is 0 Å². The molecule has 0 N–H and O–H groups in total. The number of hydrogen-bond donors (Lipinski definition) is 0. The van der Waals surface area contributed by atoms with Crippen molar-refractivity contribution in [2.75, 3.05) is 6.26 Å². The van der Waals surface area contributed by atoms with Gasteiger partial charge in [0.1, 0.15) is 5.44 Å². The lowest BCUT2D eigenvalue weighted by atomic mass is 10.1. The highest BCUT2D eigenvalue weighted by Gasteiger charge is 2.37. The number of thioether (sulfide) groups is 1. The molecule has 0 saturated heterocycles. The predicted molar refractivity (Wildman–Crippen MR) is 61.0 cm³/mol. The maximum absolute atomic E-state index is 11.8. The minimum absolute atomic E-state index is 0.234. The summed E-state index contributed by atoms with van der Waals surface area (Å²) >= 11 is 1.43. The van der Waals surface area contributed by atoms with Gasteiger partial charge in [0, 0.05) is 0 Å². The average Bonchev–Trinajstić information content (AvgIpc) is 2.55. The van der Waals surface area contributed by atoms with Crippen LogP contribution < -0.4 is 0 Å². The van der Waals surface area contributed by atoms with E-state index in [0.717, 1.165) is 5.06 Å². The van der Waals surface area contributed by atoms with Gasteiger partial charge in [0.05, 0.1) is 11.1 Å². The molecular formula is C11H11NO3S. The van der Waals surface area contributed by atoms with Crippen LogP contribution in [0.3, 0.4) is 0 Å². The Morgan fingerprint density at radius 2 is 1.69 bits per heavy atom. The molecule has 1 aliphatic rings. The average molecular weight is 237 g/mol. The molecule has 0 bridgehead atoms. The molecule has 0 radical (unpaired) electrons. The Bertz CT molecular complexity index is 412. The predicted octanol–water partition coefficient (Wildman–Crippen LogP) is 1.92. The maximum Gasteiger partial charge on any atom is 0.285 e. The summed E-state index contributed by atoms with van der Waals surface area (Å²) < 4.78 is 0. The van der Waals surface area contributed by atoms with Crippen molar-refractivity contribution in [3.8, 4) is 0 Å². The summed E-state index contributed by atoms with van der Waals surface area (Å²) in [4.78, 5) is 28.9. The number of carbonyl (C=O) groups excluding carboxylic acids is 2. The Hall–Kier alpha value is -1.33. The normalized spacial score (nSPS) is 16.5. The summed E-state index contributed by atoms with van der Waals surface area (Å²) in [5.74, 6) is -0.775. The van der Waals surface area contributed by atoms with Gasteiger partial charge in [0.25, 0.3) is 11.8 Å². The Morgan fingerprint density at radius 1 is 1.19 bits per heavy atom. The van der Waals surface area contributed by atoms with Crippen LogP contribution in [0.2, 0.25) is 0 Å². The molecule has 0 fully saturated rings. The summed E-state index contributed by atoms with van der Waals surface area (Å²) in [6, 6.07) is 6.71. The molecule has 2 amide bonds. The SMILES string of the molecule is CSC(C)ON1C(=O)c2ccccc2C1=O. The molecule has 1 aliphatic heterocycles. The van der Waals surface area contributed by atoms with Crippen molar-refractivity contribution in [3.63, 3.8) is 0 Å². The number of rotatable bonds is 3. The van der Waals surface area contributed by atoms with Gasteiger partial charge in [-0.2, -0.15) is 0 Å². The lowest BCUT2D eigenvalue weighted by Crippen LogP contribution is -2.32. The van der Waals surface area contributed by atoms with E-state index in [4.69, 9.17) is 4.84 Å². The van der Waals surface area contributed by atoms with Crippen molar-refractivity contribution in [1.82, 2.24) is 5.06 Å². The molecule has 16 heavy (non-hydrogen) atoms. The van der Waals surface area contributed by atoms with E-state index >= 15 is 0 Å². The molecule has 1 heterocycles. The standard InChI is InChI=1S/C11H11NO3S/c1-7(16-2)15-12-10(13)8-5-3-4-6-9(8)11(12)14/h3-7H,1-2H3. The molecule has 0 spiro atoms. The molecule has 1 aromatic rings. The molecule has 0 saturated carbocycles. The van der Waals surface area contributed by atoms with Crippen LogP contribution in [0.25, 0.3) is 0 Å². The van der Waals surface area contributed by atoms with Crippen molar-refractivity contribution >= 4 is 23.6 Å². The zero-order valence-corrected chi connectivity index (χ0v) is 9.78. The van der Waals surface area contributed by atoms with Crippen molar-refractivity contribution in [3.05, 3.63) is 35.4 Å². The Balaban J connectivity index is 2.28. The first-order chi connectivity index (χ1) is 7.65. The van der Waals surface area contributed by atoms with Crippen LogP contribution in [0.1, 0.15) is 27.6 Å². The third-order valence-corrected chi connectivity index (χ3v) is 3.09. The van der Waals surface area contributed by atoms with Gasteiger partial charge in [0.15, 0.2) is 0 Å². The molecule has 1 aromatic carbocycles. The van der Waals surface area contributed by atoms with E-state index in [-0.39, 0.29) is 17.3 Å². The molecule has 0 aliphatic carbocycles. The Kier molecular flexibility index (Phi) is 2.98. The first kappa shape index (κ1) is 11.2. The van der Waals surface area contributed by atoms with Gasteiger partial charge in [-0.3, -0.25) is 9.59 Å². The van der Waals surface area contributed by atoms with Gasteiger partial charge in [-0.15, -0.1) is 16.8 Å². The van der Waals surface area contributed by atoms with Crippen LogP contribution in [-0.2, 0) is 4.84 Å². The van der Waals surface area contributed by atoms with Crippen molar-refractivity contribution < 1.29 is 14.4 Å². The molecule has 1 unspecified atom stereocenters. The second kappa shape index (κ2) is 4.27. The van der Waals surface area contributed by atoms with Gasteiger partial charge in [-0.05, 0) is 25.3 Å². The number of fused-ring (bicyclic) bond motifs is 1. The minimum atomic E-state index is -0.387. The Morgan fingerprint density at radius 3 is 2.12 bits per heavy atom. The topological polar surface area (TPSA) is 46.6 Å². The molecule has 4 nitrogen and oxygen atoms in total. The number of hydrogen-bond acceptors (Lipinski definition) is 4. The van der Waals surface area contributed by atoms with Crippen LogP contribution in [0, 0.1) is 0 Å². The largest absolute Gasteiger partial charge is 0.285 e. The van der Waals surface area contributed by atoms with Crippen molar-refractivity contribution in [2.45, 2.75) is 12.4 Å².